The van der Waals surface area contributed by atoms with Gasteiger partial charge >= 0.3 is 0 Å². The number of rotatable bonds is 5. The quantitative estimate of drug-likeness (QED) is 0.758. The van der Waals surface area contributed by atoms with Crippen LogP contribution in [0.3, 0.4) is 0 Å². The fourth-order valence-corrected chi connectivity index (χ4v) is 2.38. The lowest BCUT2D eigenvalue weighted by Crippen LogP contribution is -2.16. The molecule has 0 aliphatic carbocycles. The summed E-state index contributed by atoms with van der Waals surface area (Å²) in [6.45, 7) is 0. The van der Waals surface area contributed by atoms with E-state index in [0.717, 1.165) is 23.5 Å². The minimum Gasteiger partial charge on any atom is -0.373 e. The molecule has 1 unspecified atom stereocenters. The Bertz CT molecular complexity index is 759. The summed E-state index contributed by atoms with van der Waals surface area (Å²) in [5.41, 5.74) is 9.24. The Hall–Kier alpha value is -2.79. The normalized spacial score (nSPS) is 11.9. The molecule has 0 aliphatic heterocycles. The zero-order chi connectivity index (χ0) is 16.1. The van der Waals surface area contributed by atoms with Crippen LogP contribution in [0.2, 0.25) is 0 Å². The second kappa shape index (κ2) is 6.98. The molecule has 0 saturated carbocycles. The molecule has 0 spiro atoms. The number of nitrogens with two attached hydrogens (primary N) is 1. The minimum atomic E-state index is -0.192. The van der Waals surface area contributed by atoms with E-state index in [1.807, 2.05) is 43.4 Å². The lowest BCUT2D eigenvalue weighted by Gasteiger charge is -2.14. The molecule has 3 N–H and O–H groups in total. The van der Waals surface area contributed by atoms with Crippen LogP contribution in [0, 0.1) is 0 Å². The van der Waals surface area contributed by atoms with Crippen molar-refractivity contribution in [3.8, 4) is 11.4 Å². The van der Waals surface area contributed by atoms with Gasteiger partial charge in [0, 0.05) is 31.1 Å². The predicted octanol–water partition coefficient (Wildman–Crippen LogP) is 2.82. The first-order valence-corrected chi connectivity index (χ1v) is 7.53. The molecule has 0 saturated heterocycles. The van der Waals surface area contributed by atoms with E-state index >= 15 is 0 Å². The first kappa shape index (κ1) is 15.1. The van der Waals surface area contributed by atoms with Gasteiger partial charge in [0.1, 0.15) is 5.82 Å². The lowest BCUT2D eigenvalue weighted by atomic mass is 10.0. The fraction of sp³-hybridized carbons (Fsp3) is 0.167. The summed E-state index contributed by atoms with van der Waals surface area (Å²) in [6, 6.07) is 15.7. The van der Waals surface area contributed by atoms with Crippen molar-refractivity contribution in [2.24, 2.45) is 5.73 Å². The van der Waals surface area contributed by atoms with E-state index in [0.29, 0.717) is 5.82 Å². The Kier molecular flexibility index (Phi) is 4.59. The standard InChI is InChI=1S/C18H19N5/c1-20-17-11-16(15(19)10-13-6-3-2-4-7-13)22-18(23-17)14-8-5-9-21-12-14/h2-9,11-12,15H,10,19H2,1H3,(H,20,22,23). The number of benzene rings is 1. The van der Waals surface area contributed by atoms with Gasteiger partial charge < -0.3 is 11.1 Å². The predicted molar refractivity (Wildman–Crippen MR) is 91.9 cm³/mol. The molecule has 1 aromatic carbocycles. The van der Waals surface area contributed by atoms with E-state index in [9.17, 15) is 0 Å². The summed E-state index contributed by atoms with van der Waals surface area (Å²) in [5.74, 6) is 1.38. The van der Waals surface area contributed by atoms with E-state index in [2.05, 4.69) is 32.4 Å². The highest BCUT2D eigenvalue weighted by Crippen LogP contribution is 2.21. The lowest BCUT2D eigenvalue weighted by molar-refractivity contribution is 0.695. The van der Waals surface area contributed by atoms with Crippen LogP contribution in [0.4, 0.5) is 5.82 Å². The van der Waals surface area contributed by atoms with Crippen molar-refractivity contribution in [3.63, 3.8) is 0 Å². The average Bonchev–Trinajstić information content (AvgIpc) is 2.63. The van der Waals surface area contributed by atoms with E-state index < -0.39 is 0 Å². The molecule has 5 nitrogen and oxygen atoms in total. The monoisotopic (exact) mass is 305 g/mol. The molecular weight excluding hydrogens is 286 g/mol. The van der Waals surface area contributed by atoms with Gasteiger partial charge in [0.05, 0.1) is 11.7 Å². The molecule has 2 aromatic heterocycles. The van der Waals surface area contributed by atoms with Gasteiger partial charge in [0.15, 0.2) is 5.82 Å². The Morgan fingerprint density at radius 3 is 2.61 bits per heavy atom. The molecule has 23 heavy (non-hydrogen) atoms. The van der Waals surface area contributed by atoms with Gasteiger partial charge in [-0.15, -0.1) is 0 Å². The van der Waals surface area contributed by atoms with Gasteiger partial charge in [-0.05, 0) is 24.1 Å². The summed E-state index contributed by atoms with van der Waals surface area (Å²) >= 11 is 0. The number of hydrogen-bond acceptors (Lipinski definition) is 5. The Labute approximate surface area is 135 Å². The Morgan fingerprint density at radius 2 is 1.91 bits per heavy atom. The SMILES string of the molecule is CNc1cc(C(N)Cc2ccccc2)nc(-c2cccnc2)n1. The van der Waals surface area contributed by atoms with Crippen LogP contribution in [0.1, 0.15) is 17.3 Å². The first-order valence-electron chi connectivity index (χ1n) is 7.53. The van der Waals surface area contributed by atoms with Crippen molar-refractivity contribution >= 4 is 5.82 Å². The highest BCUT2D eigenvalue weighted by molar-refractivity contribution is 5.56. The maximum atomic E-state index is 6.36. The van der Waals surface area contributed by atoms with Crippen molar-refractivity contribution in [1.29, 1.82) is 0 Å². The molecule has 5 heteroatoms. The summed E-state index contributed by atoms with van der Waals surface area (Å²) in [7, 11) is 1.84. The molecule has 0 radical (unpaired) electrons. The first-order chi connectivity index (χ1) is 11.3. The zero-order valence-corrected chi connectivity index (χ0v) is 13.0. The van der Waals surface area contributed by atoms with Crippen LogP contribution >= 0.6 is 0 Å². The van der Waals surface area contributed by atoms with Crippen LogP contribution in [0.25, 0.3) is 11.4 Å². The highest BCUT2D eigenvalue weighted by Gasteiger charge is 2.13. The number of nitrogens with one attached hydrogen (secondary N) is 1. The van der Waals surface area contributed by atoms with Crippen molar-refractivity contribution in [2.45, 2.75) is 12.5 Å². The molecule has 0 amide bonds. The number of nitrogens with zero attached hydrogens (tertiary/aromatic N) is 3. The molecule has 3 rings (SSSR count). The largest absolute Gasteiger partial charge is 0.373 e. The summed E-state index contributed by atoms with van der Waals surface area (Å²) in [5, 5.41) is 3.07. The van der Waals surface area contributed by atoms with Crippen LogP contribution in [-0.4, -0.2) is 22.0 Å². The molecule has 1 atom stereocenters. The van der Waals surface area contributed by atoms with E-state index in [1.165, 1.54) is 5.56 Å². The van der Waals surface area contributed by atoms with Crippen LogP contribution < -0.4 is 11.1 Å². The molecule has 0 bridgehead atoms. The minimum absolute atomic E-state index is 0.192. The third-order valence-corrected chi connectivity index (χ3v) is 3.60. The summed E-state index contributed by atoms with van der Waals surface area (Å²) in [4.78, 5) is 13.3. The number of pyridine rings is 1. The van der Waals surface area contributed by atoms with Crippen molar-refractivity contribution in [3.05, 3.63) is 72.2 Å². The second-order valence-electron chi connectivity index (χ2n) is 5.29. The van der Waals surface area contributed by atoms with Crippen LogP contribution in [0.15, 0.2) is 60.9 Å². The van der Waals surface area contributed by atoms with Crippen LogP contribution in [-0.2, 0) is 6.42 Å². The molecular formula is C18H19N5. The third-order valence-electron chi connectivity index (χ3n) is 3.60. The van der Waals surface area contributed by atoms with Gasteiger partial charge in [-0.2, -0.15) is 0 Å². The molecule has 2 heterocycles. The van der Waals surface area contributed by atoms with E-state index in [1.54, 1.807) is 12.4 Å². The van der Waals surface area contributed by atoms with Gasteiger partial charge in [0.2, 0.25) is 0 Å². The molecule has 3 aromatic rings. The van der Waals surface area contributed by atoms with Gasteiger partial charge in [-0.1, -0.05) is 30.3 Å². The van der Waals surface area contributed by atoms with E-state index in [4.69, 9.17) is 5.73 Å². The number of hydrogen-bond donors (Lipinski definition) is 2. The second-order valence-corrected chi connectivity index (χ2v) is 5.29. The van der Waals surface area contributed by atoms with Gasteiger partial charge in [0.25, 0.3) is 0 Å². The van der Waals surface area contributed by atoms with Gasteiger partial charge in [-0.3, -0.25) is 4.98 Å². The van der Waals surface area contributed by atoms with Crippen LogP contribution in [0.5, 0.6) is 0 Å². The van der Waals surface area contributed by atoms with Crippen molar-refractivity contribution in [1.82, 2.24) is 15.0 Å². The van der Waals surface area contributed by atoms with E-state index in [-0.39, 0.29) is 6.04 Å². The summed E-state index contributed by atoms with van der Waals surface area (Å²) in [6.07, 6.45) is 4.21. The Morgan fingerprint density at radius 1 is 1.09 bits per heavy atom. The molecule has 0 fully saturated rings. The maximum Gasteiger partial charge on any atom is 0.163 e. The smallest absolute Gasteiger partial charge is 0.163 e. The Balaban J connectivity index is 1.92. The fourth-order valence-electron chi connectivity index (χ4n) is 2.38. The molecule has 116 valence electrons. The average molecular weight is 305 g/mol. The zero-order valence-electron chi connectivity index (χ0n) is 13.0. The maximum absolute atomic E-state index is 6.36. The number of anilines is 1. The topological polar surface area (TPSA) is 76.7 Å². The highest BCUT2D eigenvalue weighted by atomic mass is 15.0. The third kappa shape index (κ3) is 3.70. The van der Waals surface area contributed by atoms with Gasteiger partial charge in [-0.25, -0.2) is 9.97 Å². The van der Waals surface area contributed by atoms with Crippen molar-refractivity contribution < 1.29 is 0 Å². The van der Waals surface area contributed by atoms with Crippen molar-refractivity contribution in [2.75, 3.05) is 12.4 Å². The summed E-state index contributed by atoms with van der Waals surface area (Å²) < 4.78 is 0. The number of aromatic nitrogens is 3. The molecule has 0 aliphatic rings.